The second kappa shape index (κ2) is 7.52. The van der Waals surface area contributed by atoms with E-state index in [0.29, 0.717) is 11.3 Å². The molecule has 7 heteroatoms. The van der Waals surface area contributed by atoms with Crippen LogP contribution in [0, 0.1) is 11.6 Å². The van der Waals surface area contributed by atoms with Gasteiger partial charge < -0.3 is 10.6 Å². The summed E-state index contributed by atoms with van der Waals surface area (Å²) in [6.07, 6.45) is 2.99. The summed E-state index contributed by atoms with van der Waals surface area (Å²) in [5.74, 6) is -3.18. The molecular weight excluding hydrogens is 340 g/mol. The van der Waals surface area contributed by atoms with Crippen molar-refractivity contribution in [3.05, 3.63) is 89.8 Å². The van der Waals surface area contributed by atoms with Crippen molar-refractivity contribution < 1.29 is 18.4 Å². The van der Waals surface area contributed by atoms with E-state index in [1.54, 1.807) is 30.3 Å². The van der Waals surface area contributed by atoms with E-state index < -0.39 is 23.1 Å². The molecule has 0 unspecified atom stereocenters. The summed E-state index contributed by atoms with van der Waals surface area (Å²) in [5.41, 5.74) is 0.449. The average molecular weight is 353 g/mol. The second-order valence-corrected chi connectivity index (χ2v) is 5.32. The predicted octanol–water partition coefficient (Wildman–Crippen LogP) is 3.86. The van der Waals surface area contributed by atoms with Crippen LogP contribution in [0.1, 0.15) is 20.7 Å². The zero-order chi connectivity index (χ0) is 18.5. The van der Waals surface area contributed by atoms with Gasteiger partial charge in [0.05, 0.1) is 0 Å². The van der Waals surface area contributed by atoms with Crippen molar-refractivity contribution in [1.82, 2.24) is 4.98 Å². The Labute approximate surface area is 147 Å². The Morgan fingerprint density at radius 1 is 0.769 bits per heavy atom. The Kier molecular flexibility index (Phi) is 4.98. The molecule has 2 aromatic carbocycles. The van der Waals surface area contributed by atoms with Gasteiger partial charge in [-0.05, 0) is 42.5 Å². The van der Waals surface area contributed by atoms with Crippen molar-refractivity contribution in [3.63, 3.8) is 0 Å². The highest BCUT2D eigenvalue weighted by Crippen LogP contribution is 2.19. The molecule has 0 aliphatic carbocycles. The first kappa shape index (κ1) is 17.2. The standard InChI is InChI=1S/C19H13F2N3O2/c20-15-5-2-6-16(21)17(15)19(26)24-14-4-1-3-13(11-14)23-18(25)12-7-9-22-10-8-12/h1-11H,(H,23,25)(H,24,26). The molecule has 0 fully saturated rings. The lowest BCUT2D eigenvalue weighted by Gasteiger charge is -2.10. The number of aromatic nitrogens is 1. The van der Waals surface area contributed by atoms with Crippen molar-refractivity contribution in [3.8, 4) is 0 Å². The molecule has 0 atom stereocenters. The molecule has 5 nitrogen and oxygen atoms in total. The van der Waals surface area contributed by atoms with Crippen LogP contribution in [0.2, 0.25) is 0 Å². The van der Waals surface area contributed by atoms with Gasteiger partial charge >= 0.3 is 0 Å². The molecule has 1 aromatic heterocycles. The van der Waals surface area contributed by atoms with E-state index in [1.165, 1.54) is 24.5 Å². The zero-order valence-corrected chi connectivity index (χ0v) is 13.4. The highest BCUT2D eigenvalue weighted by Gasteiger charge is 2.17. The molecule has 3 aromatic rings. The lowest BCUT2D eigenvalue weighted by Crippen LogP contribution is -2.16. The van der Waals surface area contributed by atoms with Gasteiger partial charge in [0.1, 0.15) is 17.2 Å². The molecule has 0 spiro atoms. The summed E-state index contributed by atoms with van der Waals surface area (Å²) in [7, 11) is 0. The largest absolute Gasteiger partial charge is 0.322 e. The second-order valence-electron chi connectivity index (χ2n) is 5.32. The van der Waals surface area contributed by atoms with Crippen molar-refractivity contribution in [2.24, 2.45) is 0 Å². The highest BCUT2D eigenvalue weighted by atomic mass is 19.1. The summed E-state index contributed by atoms with van der Waals surface area (Å²) in [6.45, 7) is 0. The molecule has 0 saturated heterocycles. The monoisotopic (exact) mass is 353 g/mol. The van der Waals surface area contributed by atoms with E-state index in [0.717, 1.165) is 12.1 Å². The van der Waals surface area contributed by atoms with Gasteiger partial charge in [-0.15, -0.1) is 0 Å². The van der Waals surface area contributed by atoms with Gasteiger partial charge in [-0.25, -0.2) is 8.78 Å². The third-order valence-corrected chi connectivity index (χ3v) is 3.51. The number of hydrogen-bond acceptors (Lipinski definition) is 3. The van der Waals surface area contributed by atoms with Crippen LogP contribution >= 0.6 is 0 Å². The molecule has 0 bridgehead atoms. The fourth-order valence-electron chi connectivity index (χ4n) is 2.29. The molecule has 0 radical (unpaired) electrons. The van der Waals surface area contributed by atoms with Crippen LogP contribution in [0.3, 0.4) is 0 Å². The fraction of sp³-hybridized carbons (Fsp3) is 0. The quantitative estimate of drug-likeness (QED) is 0.748. The first-order chi connectivity index (χ1) is 12.5. The van der Waals surface area contributed by atoms with Gasteiger partial charge in [-0.1, -0.05) is 12.1 Å². The number of halogens is 2. The lowest BCUT2D eigenvalue weighted by molar-refractivity contribution is 0.101. The molecule has 0 saturated carbocycles. The number of carbonyl (C=O) groups excluding carboxylic acids is 2. The molecule has 2 amide bonds. The van der Waals surface area contributed by atoms with Gasteiger partial charge in [0.25, 0.3) is 11.8 Å². The minimum Gasteiger partial charge on any atom is -0.322 e. The lowest BCUT2D eigenvalue weighted by atomic mass is 10.1. The number of carbonyl (C=O) groups is 2. The van der Waals surface area contributed by atoms with E-state index in [2.05, 4.69) is 15.6 Å². The predicted molar refractivity (Wildman–Crippen MR) is 92.9 cm³/mol. The Bertz CT molecular complexity index is 942. The SMILES string of the molecule is O=C(Nc1cccc(NC(=O)c2c(F)cccc2F)c1)c1ccncc1. The molecule has 1 heterocycles. The summed E-state index contributed by atoms with van der Waals surface area (Å²) in [5, 5.41) is 5.08. The number of nitrogens with zero attached hydrogens (tertiary/aromatic N) is 1. The van der Waals surface area contributed by atoms with Gasteiger partial charge in [0.15, 0.2) is 0 Å². The summed E-state index contributed by atoms with van der Waals surface area (Å²) in [6, 6.07) is 12.5. The number of benzene rings is 2. The molecule has 0 aliphatic heterocycles. The smallest absolute Gasteiger partial charge is 0.261 e. The van der Waals surface area contributed by atoms with Crippen LogP contribution in [0.5, 0.6) is 0 Å². The fourth-order valence-corrected chi connectivity index (χ4v) is 2.29. The summed E-state index contributed by atoms with van der Waals surface area (Å²) >= 11 is 0. The maximum Gasteiger partial charge on any atom is 0.261 e. The topological polar surface area (TPSA) is 71.1 Å². The van der Waals surface area contributed by atoms with Crippen molar-refractivity contribution in [2.45, 2.75) is 0 Å². The maximum atomic E-state index is 13.7. The summed E-state index contributed by atoms with van der Waals surface area (Å²) in [4.78, 5) is 28.1. The third-order valence-electron chi connectivity index (χ3n) is 3.51. The van der Waals surface area contributed by atoms with E-state index >= 15 is 0 Å². The van der Waals surface area contributed by atoms with E-state index in [4.69, 9.17) is 0 Å². The number of anilines is 2. The van der Waals surface area contributed by atoms with Crippen LogP contribution in [-0.2, 0) is 0 Å². The van der Waals surface area contributed by atoms with Crippen LogP contribution in [-0.4, -0.2) is 16.8 Å². The minimum atomic E-state index is -0.954. The molecule has 3 rings (SSSR count). The van der Waals surface area contributed by atoms with Gasteiger partial charge in [0, 0.05) is 29.3 Å². The normalized spacial score (nSPS) is 10.2. The Balaban J connectivity index is 1.75. The molecule has 2 N–H and O–H groups in total. The number of rotatable bonds is 4. The van der Waals surface area contributed by atoms with Crippen molar-refractivity contribution in [2.75, 3.05) is 10.6 Å². The van der Waals surface area contributed by atoms with Crippen molar-refractivity contribution in [1.29, 1.82) is 0 Å². The van der Waals surface area contributed by atoms with Crippen LogP contribution in [0.15, 0.2) is 67.0 Å². The molecule has 0 aliphatic rings. The number of hydrogen-bond donors (Lipinski definition) is 2. The minimum absolute atomic E-state index is 0.283. The first-order valence-electron chi connectivity index (χ1n) is 7.61. The number of amides is 2. The highest BCUT2D eigenvalue weighted by molar-refractivity contribution is 6.06. The van der Waals surface area contributed by atoms with Crippen LogP contribution in [0.25, 0.3) is 0 Å². The zero-order valence-electron chi connectivity index (χ0n) is 13.4. The summed E-state index contributed by atoms with van der Waals surface area (Å²) < 4.78 is 27.4. The Morgan fingerprint density at radius 3 is 1.92 bits per heavy atom. The first-order valence-corrected chi connectivity index (χ1v) is 7.61. The molecule has 130 valence electrons. The number of pyridine rings is 1. The van der Waals surface area contributed by atoms with Crippen LogP contribution in [0.4, 0.5) is 20.2 Å². The van der Waals surface area contributed by atoms with Crippen LogP contribution < -0.4 is 10.6 Å². The van der Waals surface area contributed by atoms with E-state index in [-0.39, 0.29) is 11.6 Å². The molecule has 26 heavy (non-hydrogen) atoms. The molecular formula is C19H13F2N3O2. The van der Waals surface area contributed by atoms with E-state index in [9.17, 15) is 18.4 Å². The maximum absolute atomic E-state index is 13.7. The van der Waals surface area contributed by atoms with Crippen molar-refractivity contribution >= 4 is 23.2 Å². The van der Waals surface area contributed by atoms with E-state index in [1.807, 2.05) is 0 Å². The Hall–Kier alpha value is -3.61. The Morgan fingerprint density at radius 2 is 1.31 bits per heavy atom. The number of nitrogens with one attached hydrogen (secondary N) is 2. The van der Waals surface area contributed by atoms with Gasteiger partial charge in [0.2, 0.25) is 0 Å². The van der Waals surface area contributed by atoms with Gasteiger partial charge in [-0.2, -0.15) is 0 Å². The van der Waals surface area contributed by atoms with Gasteiger partial charge in [-0.3, -0.25) is 14.6 Å². The third kappa shape index (κ3) is 3.89. The average Bonchev–Trinajstić information content (AvgIpc) is 2.62.